The Bertz CT molecular complexity index is 897. The van der Waals surface area contributed by atoms with Crippen LogP contribution in [-0.4, -0.2) is 39.6 Å². The topological polar surface area (TPSA) is 76.1 Å². The van der Waals surface area contributed by atoms with Gasteiger partial charge in [0.1, 0.15) is 29.4 Å². The zero-order valence-electron chi connectivity index (χ0n) is 15.5. The fraction of sp³-hybridized carbons (Fsp3) is 0.300. The van der Waals surface area contributed by atoms with Gasteiger partial charge in [-0.15, -0.1) is 0 Å². The van der Waals surface area contributed by atoms with Crippen LogP contribution in [0, 0.1) is 13.8 Å². The van der Waals surface area contributed by atoms with Crippen molar-refractivity contribution in [3.63, 3.8) is 0 Å². The van der Waals surface area contributed by atoms with E-state index in [4.69, 9.17) is 9.72 Å². The molecule has 1 atom stereocenters. The third-order valence-electron chi connectivity index (χ3n) is 4.36. The van der Waals surface area contributed by atoms with Crippen LogP contribution in [0.5, 0.6) is 0 Å². The van der Waals surface area contributed by atoms with E-state index in [2.05, 4.69) is 25.2 Å². The van der Waals surface area contributed by atoms with Gasteiger partial charge in [0.25, 0.3) is 0 Å². The summed E-state index contributed by atoms with van der Waals surface area (Å²) in [6, 6.07) is 13.6. The lowest BCUT2D eigenvalue weighted by atomic mass is 10.2. The molecule has 4 rings (SSSR count). The summed E-state index contributed by atoms with van der Waals surface area (Å²) in [4.78, 5) is 20.2. The molecule has 1 fully saturated rings. The van der Waals surface area contributed by atoms with Crippen LogP contribution in [-0.2, 0) is 4.74 Å². The molecule has 0 spiro atoms. The minimum absolute atomic E-state index is 0.111. The summed E-state index contributed by atoms with van der Waals surface area (Å²) in [6.45, 7) is 6.05. The lowest BCUT2D eigenvalue weighted by molar-refractivity contribution is 0.0368. The predicted molar refractivity (Wildman–Crippen MR) is 104 cm³/mol. The van der Waals surface area contributed by atoms with Crippen LogP contribution in [0.25, 0.3) is 0 Å². The molecule has 4 heterocycles. The highest BCUT2D eigenvalue weighted by molar-refractivity contribution is 5.51. The molecular weight excluding hydrogens is 340 g/mol. The zero-order valence-corrected chi connectivity index (χ0v) is 15.5. The molecule has 1 saturated heterocycles. The predicted octanol–water partition coefficient (Wildman–Crippen LogP) is 3.20. The molecule has 7 nitrogen and oxygen atoms in total. The summed E-state index contributed by atoms with van der Waals surface area (Å²) in [5.74, 6) is 3.24. The van der Waals surface area contributed by atoms with Gasteiger partial charge in [0.2, 0.25) is 0 Å². The van der Waals surface area contributed by atoms with Crippen LogP contribution >= 0.6 is 0 Å². The van der Waals surface area contributed by atoms with Crippen LogP contribution in [0.15, 0.2) is 48.7 Å². The molecule has 1 aliphatic rings. The van der Waals surface area contributed by atoms with E-state index in [0.717, 1.165) is 41.2 Å². The van der Waals surface area contributed by atoms with Crippen molar-refractivity contribution in [2.75, 3.05) is 29.9 Å². The summed E-state index contributed by atoms with van der Waals surface area (Å²) in [7, 11) is 0. The smallest absolute Gasteiger partial charge is 0.132 e. The molecule has 3 aromatic rings. The van der Waals surface area contributed by atoms with Gasteiger partial charge < -0.3 is 15.0 Å². The van der Waals surface area contributed by atoms with Crippen LogP contribution < -0.4 is 10.2 Å². The third-order valence-corrected chi connectivity index (χ3v) is 4.36. The molecule has 0 radical (unpaired) electrons. The highest BCUT2D eigenvalue weighted by atomic mass is 16.5. The fourth-order valence-electron chi connectivity index (χ4n) is 3.16. The monoisotopic (exact) mass is 362 g/mol. The molecule has 1 N–H and O–H groups in total. The Morgan fingerprint density at radius 2 is 1.93 bits per heavy atom. The van der Waals surface area contributed by atoms with Crippen molar-refractivity contribution in [3.8, 4) is 0 Å². The molecule has 27 heavy (non-hydrogen) atoms. The number of rotatable bonds is 4. The van der Waals surface area contributed by atoms with Gasteiger partial charge in [0.05, 0.1) is 18.8 Å². The maximum Gasteiger partial charge on any atom is 0.132 e. The number of nitrogens with zero attached hydrogens (tertiary/aromatic N) is 5. The number of aromatic nitrogens is 4. The first kappa shape index (κ1) is 17.4. The largest absolute Gasteiger partial charge is 0.368 e. The van der Waals surface area contributed by atoms with E-state index in [0.29, 0.717) is 13.2 Å². The Hall–Kier alpha value is -3.06. The van der Waals surface area contributed by atoms with Crippen molar-refractivity contribution in [1.29, 1.82) is 0 Å². The van der Waals surface area contributed by atoms with Gasteiger partial charge in [-0.2, -0.15) is 0 Å². The summed E-state index contributed by atoms with van der Waals surface area (Å²) in [5.41, 5.74) is 1.86. The van der Waals surface area contributed by atoms with E-state index in [1.165, 1.54) is 0 Å². The lowest BCUT2D eigenvalue weighted by Crippen LogP contribution is -2.39. The summed E-state index contributed by atoms with van der Waals surface area (Å²) in [6.07, 6.45) is 1.64. The van der Waals surface area contributed by atoms with Crippen LogP contribution in [0.3, 0.4) is 0 Å². The Kier molecular flexibility index (Phi) is 4.93. The highest BCUT2D eigenvalue weighted by Crippen LogP contribution is 2.25. The van der Waals surface area contributed by atoms with Gasteiger partial charge in [0, 0.05) is 24.5 Å². The van der Waals surface area contributed by atoms with Crippen LogP contribution in [0.4, 0.5) is 17.5 Å². The molecule has 7 heteroatoms. The zero-order chi connectivity index (χ0) is 18.6. The first-order valence-electron chi connectivity index (χ1n) is 9.01. The third kappa shape index (κ3) is 4.20. The molecule has 0 bridgehead atoms. The van der Waals surface area contributed by atoms with Crippen molar-refractivity contribution < 1.29 is 4.74 Å². The molecule has 0 saturated carbocycles. The molecular formula is C20H22N6O. The fourth-order valence-corrected chi connectivity index (χ4v) is 3.16. The first-order chi connectivity index (χ1) is 13.2. The number of hydrogen-bond acceptors (Lipinski definition) is 7. The first-order valence-corrected chi connectivity index (χ1v) is 9.01. The molecule has 138 valence electrons. The van der Waals surface area contributed by atoms with Crippen molar-refractivity contribution in [2.24, 2.45) is 0 Å². The second kappa shape index (κ2) is 7.67. The van der Waals surface area contributed by atoms with Gasteiger partial charge in [0.15, 0.2) is 0 Å². The minimum atomic E-state index is -0.111. The highest BCUT2D eigenvalue weighted by Gasteiger charge is 2.24. The van der Waals surface area contributed by atoms with E-state index in [1.807, 2.05) is 56.3 Å². The second-order valence-electron chi connectivity index (χ2n) is 6.51. The Labute approximate surface area is 158 Å². The van der Waals surface area contributed by atoms with Crippen LogP contribution in [0.1, 0.15) is 23.3 Å². The summed E-state index contributed by atoms with van der Waals surface area (Å²) < 4.78 is 5.99. The molecule has 3 aromatic heterocycles. The van der Waals surface area contributed by atoms with E-state index in [-0.39, 0.29) is 6.10 Å². The number of aryl methyl sites for hydroxylation is 2. The maximum absolute atomic E-state index is 5.99. The Balaban J connectivity index is 1.52. The SMILES string of the molecule is Cc1cc(N2CCO[C@H](c3cccc(Nc4ccccn4)n3)C2)nc(C)n1. The number of morpholine rings is 1. The van der Waals surface area contributed by atoms with Gasteiger partial charge in [-0.05, 0) is 38.1 Å². The number of hydrogen-bond donors (Lipinski definition) is 1. The molecule has 0 aliphatic carbocycles. The van der Waals surface area contributed by atoms with Gasteiger partial charge in [-0.1, -0.05) is 12.1 Å². The maximum atomic E-state index is 5.99. The number of nitrogens with one attached hydrogen (secondary N) is 1. The Morgan fingerprint density at radius 3 is 2.74 bits per heavy atom. The standard InChI is InChI=1S/C20H22N6O/c1-14-12-20(23-15(2)22-14)26-10-11-27-17(13-26)16-6-5-8-19(24-16)25-18-7-3-4-9-21-18/h3-9,12,17H,10-11,13H2,1-2H3,(H,21,24,25)/t17-/m0/s1. The summed E-state index contributed by atoms with van der Waals surface area (Å²) >= 11 is 0. The molecule has 0 unspecified atom stereocenters. The quantitative estimate of drug-likeness (QED) is 0.764. The number of anilines is 3. The molecule has 0 amide bonds. The number of ether oxygens (including phenoxy) is 1. The average Bonchev–Trinajstić information content (AvgIpc) is 2.68. The van der Waals surface area contributed by atoms with Gasteiger partial charge in [-0.3, -0.25) is 0 Å². The van der Waals surface area contributed by atoms with Gasteiger partial charge >= 0.3 is 0 Å². The lowest BCUT2D eigenvalue weighted by Gasteiger charge is -2.33. The Morgan fingerprint density at radius 1 is 1.04 bits per heavy atom. The van der Waals surface area contributed by atoms with Crippen LogP contribution in [0.2, 0.25) is 0 Å². The summed E-state index contributed by atoms with van der Waals surface area (Å²) in [5, 5.41) is 3.23. The second-order valence-corrected chi connectivity index (χ2v) is 6.51. The normalized spacial score (nSPS) is 17.0. The van der Waals surface area contributed by atoms with Gasteiger partial charge in [-0.25, -0.2) is 19.9 Å². The molecule has 0 aromatic carbocycles. The van der Waals surface area contributed by atoms with Crippen molar-refractivity contribution >= 4 is 17.5 Å². The van der Waals surface area contributed by atoms with E-state index < -0.39 is 0 Å². The van der Waals surface area contributed by atoms with E-state index in [9.17, 15) is 0 Å². The molecule has 1 aliphatic heterocycles. The van der Waals surface area contributed by atoms with Crippen molar-refractivity contribution in [3.05, 3.63) is 65.9 Å². The van der Waals surface area contributed by atoms with Crippen molar-refractivity contribution in [2.45, 2.75) is 20.0 Å². The number of pyridine rings is 2. The van der Waals surface area contributed by atoms with E-state index >= 15 is 0 Å². The van der Waals surface area contributed by atoms with E-state index in [1.54, 1.807) is 6.20 Å². The average molecular weight is 362 g/mol. The van der Waals surface area contributed by atoms with Crippen molar-refractivity contribution in [1.82, 2.24) is 19.9 Å². The minimum Gasteiger partial charge on any atom is -0.368 e.